The molecule has 4 rings (SSSR count). The molecule has 0 saturated heterocycles. The molecule has 27 nitrogen and oxygen atoms in total. The molecule has 2 heterocycles. The van der Waals surface area contributed by atoms with Crippen molar-refractivity contribution in [2.24, 2.45) is 22.9 Å². The van der Waals surface area contributed by atoms with Crippen LogP contribution in [0, 0.1) is 22.7 Å². The zero-order chi connectivity index (χ0) is 71.5. The number of benzene rings is 2. The average molecular weight is 1390 g/mol. The van der Waals surface area contributed by atoms with Gasteiger partial charge in [-0.15, -0.1) is 0 Å². The topological polar surface area (TPSA) is 486 Å². The predicted molar refractivity (Wildman–Crippen MR) is 298 cm³/mol. The number of rotatable bonds is 27. The molecule has 0 unspecified atom stereocenters. The van der Waals surface area contributed by atoms with Crippen LogP contribution >= 0.6 is 23.4 Å². The Morgan fingerprint density at radius 2 is 1.04 bits per heavy atom. The van der Waals surface area contributed by atoms with Crippen LogP contribution in [0.4, 0.5) is 58.5 Å². The van der Waals surface area contributed by atoms with E-state index >= 15 is 0 Å². The number of carbonyl (C=O) groups is 8. The van der Waals surface area contributed by atoms with E-state index in [1.54, 1.807) is 48.5 Å². The van der Waals surface area contributed by atoms with Crippen molar-refractivity contribution in [1.29, 1.82) is 10.5 Å². The Morgan fingerprint density at radius 1 is 0.624 bits per heavy atom. The molecule has 4 aromatic rings. The van der Waals surface area contributed by atoms with Crippen molar-refractivity contribution < 1.29 is 130 Å². The summed E-state index contributed by atoms with van der Waals surface area (Å²) < 4.78 is 149. The number of unbranched alkanes of at least 4 members (excludes halogenated alkanes) is 2. The zero-order valence-corrected chi connectivity index (χ0v) is 49.3. The molecule has 16 N–H and O–H groups in total. The molecule has 2 aromatic carbocycles. The lowest BCUT2D eigenvalue weighted by molar-refractivity contribution is -0.193. The normalized spacial score (nSPS) is 11.9. The third-order valence-electron chi connectivity index (χ3n) is 10.6. The van der Waals surface area contributed by atoms with Gasteiger partial charge < -0.3 is 78.4 Å². The number of anilines is 1. The number of alkyl halides is 12. The zero-order valence-electron chi connectivity index (χ0n) is 47.7. The Bertz CT molecular complexity index is 3070. The number of hydrogen-bond donors (Lipinski definition) is 11. The molecule has 2 amide bonds. The van der Waals surface area contributed by atoms with Crippen LogP contribution in [0.25, 0.3) is 22.6 Å². The number of carboxylic acids is 4. The summed E-state index contributed by atoms with van der Waals surface area (Å²) >= 11 is 7.20. The lowest BCUT2D eigenvalue weighted by Gasteiger charge is -2.19. The van der Waals surface area contributed by atoms with E-state index in [9.17, 15) is 82.4 Å². The van der Waals surface area contributed by atoms with Crippen molar-refractivity contribution in [1.82, 2.24) is 20.6 Å². The first-order valence-corrected chi connectivity index (χ1v) is 27.2. The van der Waals surface area contributed by atoms with E-state index in [0.29, 0.717) is 66.7 Å². The summed E-state index contributed by atoms with van der Waals surface area (Å²) in [6.07, 6.45) is -16.6. The number of pyridine rings is 1. The maximum absolute atomic E-state index is 12.9. The average Bonchev–Trinajstić information content (AvgIpc) is 1.01. The Balaban J connectivity index is 0.00000249. The SMILES string of the molecule is N#Cc1c(N)nc(SCc2coc(-c3ccc(Cl)cc3)n2)c(C#N)c1-c1ccc(OC[C@@H](COC(=O)CCNC(=O)[C@@H](N)CCCCN)OC(=O)CCNC(=O)[C@@H](N)CCCCN)cc1.O=C(O)C(F)(F)F.O=C(O)C(F)(F)F.O=C(O)C(F)(F)F.O=C(O)C(F)(F)F. The molecule has 0 aliphatic rings. The van der Waals surface area contributed by atoms with Crippen LogP contribution in [0.5, 0.6) is 5.75 Å². The molecule has 0 fully saturated rings. The summed E-state index contributed by atoms with van der Waals surface area (Å²) in [7, 11) is 0. The van der Waals surface area contributed by atoms with Crippen LogP contribution in [0.15, 0.2) is 64.2 Å². The number of hydrogen-bond acceptors (Lipinski definition) is 22. The van der Waals surface area contributed by atoms with Gasteiger partial charge in [-0.05, 0) is 80.7 Å². The van der Waals surface area contributed by atoms with Crippen LogP contribution in [0.2, 0.25) is 5.02 Å². The van der Waals surface area contributed by atoms with Crippen molar-refractivity contribution in [2.45, 2.75) is 105 Å². The number of oxazole rings is 1. The lowest BCUT2D eigenvalue weighted by atomic mass is 9.97. The number of esters is 2. The van der Waals surface area contributed by atoms with Gasteiger partial charge in [0.05, 0.1) is 36.2 Å². The van der Waals surface area contributed by atoms with Gasteiger partial charge >= 0.3 is 60.5 Å². The van der Waals surface area contributed by atoms with E-state index in [0.717, 1.165) is 18.4 Å². The summed E-state index contributed by atoms with van der Waals surface area (Å²) in [5, 5.41) is 55.0. The fourth-order valence-corrected chi connectivity index (χ4v) is 7.07. The predicted octanol–water partition coefficient (Wildman–Crippen LogP) is 5.97. The molecule has 0 saturated carbocycles. The van der Waals surface area contributed by atoms with Crippen LogP contribution in [0.3, 0.4) is 0 Å². The molecule has 0 spiro atoms. The van der Waals surface area contributed by atoms with Gasteiger partial charge in [-0.25, -0.2) is 29.1 Å². The molecule has 2 aromatic heterocycles. The minimum Gasteiger partial charge on any atom is -0.490 e. The number of nitrogens with one attached hydrogen (secondary N) is 2. The van der Waals surface area contributed by atoms with Gasteiger partial charge in [-0.3, -0.25) is 19.2 Å². The van der Waals surface area contributed by atoms with E-state index in [-0.39, 0.29) is 65.8 Å². The van der Waals surface area contributed by atoms with Crippen LogP contribution < -0.4 is 44.0 Å². The maximum Gasteiger partial charge on any atom is 0.490 e. The van der Waals surface area contributed by atoms with Crippen molar-refractivity contribution in [3.8, 4) is 40.5 Å². The minimum atomic E-state index is -5.08. The van der Waals surface area contributed by atoms with Gasteiger partial charge in [0.2, 0.25) is 17.7 Å². The maximum atomic E-state index is 12.9. The number of ether oxygens (including phenoxy) is 3. The lowest BCUT2D eigenvalue weighted by Crippen LogP contribution is -2.41. The first-order valence-electron chi connectivity index (χ1n) is 25.9. The van der Waals surface area contributed by atoms with E-state index in [2.05, 4.69) is 32.7 Å². The number of halogens is 13. The number of thioether (sulfide) groups is 1. The van der Waals surface area contributed by atoms with Gasteiger partial charge in [0.15, 0.2) is 6.10 Å². The quantitative estimate of drug-likeness (QED) is 0.0142. The number of amides is 2. The summed E-state index contributed by atoms with van der Waals surface area (Å²) in [5.41, 5.74) is 31.3. The highest BCUT2D eigenvalue weighted by Crippen LogP contribution is 2.37. The van der Waals surface area contributed by atoms with Crippen molar-refractivity contribution in [3.05, 3.63) is 76.6 Å². The Morgan fingerprint density at radius 3 is 1.45 bits per heavy atom. The first-order chi connectivity index (χ1) is 43.1. The highest BCUT2D eigenvalue weighted by atomic mass is 35.5. The second-order valence-corrected chi connectivity index (χ2v) is 19.2. The monoisotopic (exact) mass is 1390 g/mol. The van der Waals surface area contributed by atoms with Crippen molar-refractivity contribution in [3.63, 3.8) is 0 Å². The van der Waals surface area contributed by atoms with Crippen LogP contribution in [-0.2, 0) is 53.6 Å². The molecule has 3 atom stereocenters. The summed E-state index contributed by atoms with van der Waals surface area (Å²) in [4.78, 5) is 94.7. The van der Waals surface area contributed by atoms with Gasteiger partial charge in [-0.2, -0.15) is 63.2 Å². The van der Waals surface area contributed by atoms with Gasteiger partial charge in [0.25, 0.3) is 0 Å². The van der Waals surface area contributed by atoms with E-state index < -0.39 is 97.1 Å². The second kappa shape index (κ2) is 41.3. The van der Waals surface area contributed by atoms with Gasteiger partial charge in [0, 0.05) is 35.0 Å². The smallest absolute Gasteiger partial charge is 0.490 e. The van der Waals surface area contributed by atoms with Crippen LogP contribution in [-0.4, -0.2) is 160 Å². The molecule has 0 aliphatic carbocycles. The molecule has 93 heavy (non-hydrogen) atoms. The number of nitrogens with zero attached hydrogens (tertiary/aromatic N) is 4. The minimum absolute atomic E-state index is 0.00881. The Hall–Kier alpha value is -9.22. The first kappa shape index (κ1) is 83.8. The van der Waals surface area contributed by atoms with Gasteiger partial charge in [0.1, 0.15) is 53.8 Å². The third kappa shape index (κ3) is 34.7. The highest BCUT2D eigenvalue weighted by Gasteiger charge is 2.40. The van der Waals surface area contributed by atoms with Crippen LogP contribution in [0.1, 0.15) is 68.2 Å². The fraction of sp³-hybridized carbons (Fsp3) is 0.423. The number of carbonyl (C=O) groups excluding carboxylic acids is 4. The van der Waals surface area contributed by atoms with E-state index in [1.165, 1.54) is 18.0 Å². The Labute approximate surface area is 526 Å². The number of nitrogen functional groups attached to an aromatic ring is 1. The molecule has 41 heteroatoms. The number of carboxylic acid groups (broad SMARTS) is 4. The summed E-state index contributed by atoms with van der Waals surface area (Å²) in [6, 6.07) is 16.2. The largest absolute Gasteiger partial charge is 0.490 e. The number of aliphatic carboxylic acids is 4. The molecule has 0 radical (unpaired) electrons. The standard InChI is InChI=1S/C44H54ClN11O8S.4C2HF3O2/c45-29-11-7-28(8-12-29)43-55-30(23-63-43)26-65-44-34(22-49)39(33(21-48)40(52)56-44)27-9-13-31(14-10-27)61-24-32(64-38(58)16-20-54-42(60)36(51)6-2-4-18-47)25-62-37(57)15-19-53-41(59)35(50)5-1-3-17-46;4*3-2(4,5)1(6)7/h7-14,23,32,35-36H,1-6,15-20,24-26,46-47,50-51H2,(H2,52,56)(H,53,59)(H,54,60);4*(H,6,7)/t32-,35-,36-;;;;/m0..../s1. The second-order valence-electron chi connectivity index (χ2n) is 17.8. The number of nitrogens with two attached hydrogens (primary N) is 5. The molecular formula is C52H58ClF12N11O16S. The van der Waals surface area contributed by atoms with E-state index in [1.807, 2.05) is 0 Å². The highest BCUT2D eigenvalue weighted by molar-refractivity contribution is 7.98. The van der Waals surface area contributed by atoms with Crippen molar-refractivity contribution >= 4 is 76.8 Å². The number of aromatic nitrogens is 2. The fourth-order valence-electron chi connectivity index (χ4n) is 6.07. The van der Waals surface area contributed by atoms with Gasteiger partial charge in [-0.1, -0.05) is 48.3 Å². The summed E-state index contributed by atoms with van der Waals surface area (Å²) in [5.74, 6) is -12.3. The Kier molecular flexibility index (Phi) is 37.2. The summed E-state index contributed by atoms with van der Waals surface area (Å²) in [6.45, 7) is 0.254. The molecular weight excluding hydrogens is 1330 g/mol. The van der Waals surface area contributed by atoms with Crippen molar-refractivity contribution in [2.75, 3.05) is 45.1 Å². The number of nitriles is 2. The molecule has 514 valence electrons. The molecule has 0 bridgehead atoms. The third-order valence-corrected chi connectivity index (χ3v) is 11.8. The van der Waals surface area contributed by atoms with E-state index in [4.69, 9.17) is 98.5 Å². The molecule has 0 aliphatic heterocycles.